The number of hydrogen-bond donors (Lipinski definition) is 1. The molecule has 0 spiro atoms. The van der Waals surface area contributed by atoms with Crippen LogP contribution in [0.5, 0.6) is 11.5 Å². The molecule has 1 aromatic carbocycles. The number of hydrogen-bond acceptors (Lipinski definition) is 5. The highest BCUT2D eigenvalue weighted by molar-refractivity contribution is 7.80. The molecule has 2 aliphatic rings. The van der Waals surface area contributed by atoms with Gasteiger partial charge in [0.1, 0.15) is 11.8 Å². The van der Waals surface area contributed by atoms with Gasteiger partial charge in [0.15, 0.2) is 23.2 Å². The number of carbonyl (C=O) groups excluding carboxylic acids is 1. The summed E-state index contributed by atoms with van der Waals surface area (Å²) in [5, 5.41) is 12.2. The summed E-state index contributed by atoms with van der Waals surface area (Å²) in [6.45, 7) is -0.0541. The van der Waals surface area contributed by atoms with Crippen LogP contribution < -0.4 is 14.8 Å². The van der Waals surface area contributed by atoms with Gasteiger partial charge in [0.25, 0.3) is 5.91 Å². The monoisotopic (exact) mass is 371 g/mol. The van der Waals surface area contributed by atoms with Crippen LogP contribution in [-0.2, 0) is 4.79 Å². The quantitative estimate of drug-likeness (QED) is 0.634. The van der Waals surface area contributed by atoms with Gasteiger partial charge >= 0.3 is 0 Å². The van der Waals surface area contributed by atoms with Crippen molar-refractivity contribution in [1.82, 2.24) is 10.2 Å². The molecule has 1 heterocycles. The molecule has 1 N–H and O–H groups in total. The fraction of sp³-hybridized carbons (Fsp3) is 0.421. The minimum absolute atomic E-state index is 0.0541. The summed E-state index contributed by atoms with van der Waals surface area (Å²) in [6.07, 6.45) is 7.25. The highest BCUT2D eigenvalue weighted by Crippen LogP contribution is 2.30. The third-order valence-corrected chi connectivity index (χ3v) is 4.94. The van der Waals surface area contributed by atoms with Crippen LogP contribution in [0.3, 0.4) is 0 Å². The van der Waals surface area contributed by atoms with Crippen LogP contribution in [0, 0.1) is 11.3 Å². The smallest absolute Gasteiger partial charge is 0.276 e. The van der Waals surface area contributed by atoms with E-state index in [1.54, 1.807) is 23.1 Å². The first-order valence-corrected chi connectivity index (χ1v) is 9.09. The van der Waals surface area contributed by atoms with E-state index in [4.69, 9.17) is 27.0 Å². The fourth-order valence-electron chi connectivity index (χ4n) is 3.39. The van der Waals surface area contributed by atoms with Gasteiger partial charge in [-0.3, -0.25) is 9.69 Å². The van der Waals surface area contributed by atoms with Gasteiger partial charge in [-0.05, 0) is 48.8 Å². The molecule has 3 rings (SSSR count). The van der Waals surface area contributed by atoms with Crippen molar-refractivity contribution in [1.29, 1.82) is 5.26 Å². The molecule has 0 aromatic heterocycles. The van der Waals surface area contributed by atoms with E-state index in [9.17, 15) is 4.79 Å². The van der Waals surface area contributed by atoms with E-state index in [0.717, 1.165) is 31.2 Å². The maximum absolute atomic E-state index is 12.8. The van der Waals surface area contributed by atoms with Gasteiger partial charge in [-0.2, -0.15) is 5.26 Å². The fourth-order valence-corrected chi connectivity index (χ4v) is 3.73. The second-order valence-electron chi connectivity index (χ2n) is 6.31. The molecule has 6 nitrogen and oxygen atoms in total. The summed E-state index contributed by atoms with van der Waals surface area (Å²) in [5.74, 6) is 0.915. The molecule has 1 saturated heterocycles. The van der Waals surface area contributed by atoms with Crippen LogP contribution in [0.15, 0.2) is 23.9 Å². The largest absolute Gasteiger partial charge is 0.493 e. The van der Waals surface area contributed by atoms with Crippen LogP contribution >= 0.6 is 12.2 Å². The normalized spacial score (nSPS) is 19.4. The number of methoxy groups -OCH3 is 1. The number of nitriles is 1. The van der Waals surface area contributed by atoms with E-state index in [1.807, 2.05) is 12.1 Å². The summed E-state index contributed by atoms with van der Waals surface area (Å²) in [4.78, 5) is 14.5. The molecule has 0 atom stereocenters. The lowest BCUT2D eigenvalue weighted by atomic mass is 9.94. The first-order valence-electron chi connectivity index (χ1n) is 8.68. The van der Waals surface area contributed by atoms with Crippen molar-refractivity contribution in [2.24, 2.45) is 0 Å². The Morgan fingerprint density at radius 3 is 2.81 bits per heavy atom. The summed E-state index contributed by atoms with van der Waals surface area (Å²) in [6, 6.07) is 7.41. The molecular formula is C19H21N3O3S. The highest BCUT2D eigenvalue weighted by Gasteiger charge is 2.36. The SMILES string of the molecule is COc1cc(/C=C2\NC(=S)N(C3CCCCC3)C2=O)ccc1OCC#N. The Hall–Kier alpha value is -2.59. The maximum atomic E-state index is 12.8. The second-order valence-corrected chi connectivity index (χ2v) is 6.70. The lowest BCUT2D eigenvalue weighted by Gasteiger charge is -2.29. The third-order valence-electron chi connectivity index (χ3n) is 4.64. The van der Waals surface area contributed by atoms with Gasteiger partial charge < -0.3 is 14.8 Å². The molecule has 1 amide bonds. The van der Waals surface area contributed by atoms with Crippen molar-refractivity contribution in [2.75, 3.05) is 13.7 Å². The van der Waals surface area contributed by atoms with Gasteiger partial charge in [-0.1, -0.05) is 25.3 Å². The van der Waals surface area contributed by atoms with Crippen molar-refractivity contribution in [3.63, 3.8) is 0 Å². The molecule has 1 aromatic rings. The molecule has 0 bridgehead atoms. The molecule has 7 heteroatoms. The molecule has 0 unspecified atom stereocenters. The zero-order valence-electron chi connectivity index (χ0n) is 14.7. The Morgan fingerprint density at radius 1 is 1.35 bits per heavy atom. The number of rotatable bonds is 5. The molecule has 136 valence electrons. The van der Waals surface area contributed by atoms with Crippen LogP contribution in [0.2, 0.25) is 0 Å². The number of amides is 1. The lowest BCUT2D eigenvalue weighted by Crippen LogP contribution is -2.41. The minimum atomic E-state index is -0.0781. The molecule has 1 aliphatic carbocycles. The lowest BCUT2D eigenvalue weighted by molar-refractivity contribution is -0.124. The zero-order valence-corrected chi connectivity index (χ0v) is 15.5. The minimum Gasteiger partial charge on any atom is -0.493 e. The second kappa shape index (κ2) is 8.19. The molecule has 1 aliphatic heterocycles. The van der Waals surface area contributed by atoms with Crippen molar-refractivity contribution in [3.8, 4) is 17.6 Å². The Bertz CT molecular complexity index is 779. The Kier molecular flexibility index (Phi) is 5.74. The number of thiocarbonyl (C=S) groups is 1. The summed E-state index contributed by atoms with van der Waals surface area (Å²) in [5.41, 5.74) is 1.25. The van der Waals surface area contributed by atoms with Crippen LogP contribution in [0.25, 0.3) is 6.08 Å². The molecule has 26 heavy (non-hydrogen) atoms. The van der Waals surface area contributed by atoms with E-state index < -0.39 is 0 Å². The van der Waals surface area contributed by atoms with Gasteiger partial charge in [0.2, 0.25) is 0 Å². The zero-order chi connectivity index (χ0) is 18.5. The van der Waals surface area contributed by atoms with Crippen LogP contribution in [-0.4, -0.2) is 35.7 Å². The predicted molar refractivity (Wildman–Crippen MR) is 102 cm³/mol. The summed E-state index contributed by atoms with van der Waals surface area (Å²) >= 11 is 5.39. The maximum Gasteiger partial charge on any atom is 0.276 e. The molecule has 2 fully saturated rings. The Morgan fingerprint density at radius 2 is 2.12 bits per heavy atom. The number of carbonyl (C=O) groups is 1. The third kappa shape index (κ3) is 3.81. The van der Waals surface area contributed by atoms with Crippen molar-refractivity contribution in [2.45, 2.75) is 38.1 Å². The predicted octanol–water partition coefficient (Wildman–Crippen LogP) is 2.99. The Balaban J connectivity index is 1.80. The van der Waals surface area contributed by atoms with Crippen LogP contribution in [0.1, 0.15) is 37.7 Å². The average molecular weight is 371 g/mol. The van der Waals surface area contributed by atoms with Crippen LogP contribution in [0.4, 0.5) is 0 Å². The first kappa shape index (κ1) is 18.2. The Labute approximate surface area is 158 Å². The number of ether oxygens (including phenoxy) is 2. The topological polar surface area (TPSA) is 74.6 Å². The van der Waals surface area contributed by atoms with Crippen molar-refractivity contribution < 1.29 is 14.3 Å². The van der Waals surface area contributed by atoms with Gasteiger partial charge in [-0.25, -0.2) is 0 Å². The van der Waals surface area contributed by atoms with E-state index in [2.05, 4.69) is 5.32 Å². The molecule has 0 radical (unpaired) electrons. The highest BCUT2D eigenvalue weighted by atomic mass is 32.1. The van der Waals surface area contributed by atoms with Crippen molar-refractivity contribution in [3.05, 3.63) is 29.5 Å². The summed E-state index contributed by atoms with van der Waals surface area (Å²) in [7, 11) is 1.53. The number of nitrogens with zero attached hydrogens (tertiary/aromatic N) is 2. The van der Waals surface area contributed by atoms with E-state index in [1.165, 1.54) is 13.5 Å². The van der Waals surface area contributed by atoms with Gasteiger partial charge in [-0.15, -0.1) is 0 Å². The van der Waals surface area contributed by atoms with E-state index in [-0.39, 0.29) is 18.6 Å². The number of benzene rings is 1. The molecular weight excluding hydrogens is 350 g/mol. The van der Waals surface area contributed by atoms with E-state index >= 15 is 0 Å². The molecule has 1 saturated carbocycles. The first-order chi connectivity index (χ1) is 12.6. The van der Waals surface area contributed by atoms with E-state index in [0.29, 0.717) is 22.3 Å². The summed E-state index contributed by atoms with van der Waals surface area (Å²) < 4.78 is 10.6. The standard InChI is InChI=1S/C19H21N3O3S/c1-24-17-12-13(7-8-16(17)25-10-9-20)11-15-18(23)22(19(26)21-15)14-5-3-2-4-6-14/h7-8,11-12,14H,2-6,10H2,1H3,(H,21,26)/b15-11-. The van der Waals surface area contributed by atoms with Crippen molar-refractivity contribution >= 4 is 29.3 Å². The van der Waals surface area contributed by atoms with Gasteiger partial charge in [0, 0.05) is 6.04 Å². The number of nitrogens with one attached hydrogen (secondary N) is 1. The van der Waals surface area contributed by atoms with Gasteiger partial charge in [0.05, 0.1) is 7.11 Å². The average Bonchev–Trinajstić information content (AvgIpc) is 2.94.